The summed E-state index contributed by atoms with van der Waals surface area (Å²) in [5.41, 5.74) is 8.47. The Morgan fingerprint density at radius 2 is 1.44 bits per heavy atom. The fourth-order valence-corrected chi connectivity index (χ4v) is 9.61. The lowest BCUT2D eigenvalue weighted by Crippen LogP contribution is -2.36. The average molecular weight is 845 g/mol. The molecule has 7 aromatic carbocycles. The van der Waals surface area contributed by atoms with Gasteiger partial charge in [-0.2, -0.15) is 13.0 Å². The zero-order valence-electron chi connectivity index (χ0n) is 34.7. The Morgan fingerprint density at radius 1 is 0.770 bits per heavy atom. The van der Waals surface area contributed by atoms with Gasteiger partial charge < -0.3 is 14.5 Å². The van der Waals surface area contributed by atoms with E-state index in [9.17, 15) is 8.42 Å². The minimum Gasteiger partial charge on any atom is -0.438 e. The third-order valence-corrected chi connectivity index (χ3v) is 13.1. The van der Waals surface area contributed by atoms with Crippen molar-refractivity contribution in [3.05, 3.63) is 197 Å². The maximum Gasteiger partial charge on any atom is 0.294 e. The SMILES string of the molecule is CN(C)C(CCN1C(=Cc2sc3ccc4ccccc4c3[n+]2CCCc2ccccc2)Oc2ccc(-c3ccccc3)cc21)c1ccccc1.Cc1ccc(S(=O)(=O)O)cc1. The number of ether oxygens (including phenoxy) is 1. The number of nitrogens with zero attached hydrogens (tertiary/aromatic N) is 3. The van der Waals surface area contributed by atoms with E-state index in [-0.39, 0.29) is 10.9 Å². The molecule has 308 valence electrons. The number of anilines is 1. The van der Waals surface area contributed by atoms with E-state index in [1.165, 1.54) is 60.4 Å². The van der Waals surface area contributed by atoms with Crippen molar-refractivity contribution >= 4 is 54.2 Å². The molecule has 1 aliphatic heterocycles. The van der Waals surface area contributed by atoms with Crippen LogP contribution in [0.3, 0.4) is 0 Å². The summed E-state index contributed by atoms with van der Waals surface area (Å²) in [5.74, 6) is 1.78. The van der Waals surface area contributed by atoms with E-state index in [1.807, 2.05) is 18.3 Å². The molecular weight excluding hydrogens is 795 g/mol. The standard InChI is InChI=1S/C45H42N3OS.C7H8O3S/c1-46(2)39(36-21-10-5-11-22-36)28-30-47-40-31-37(34-18-8-4-9-19-34)24-26-41(40)49-43(47)32-44-48(29-14-17-33-15-6-3-7-16-33)45-38-23-13-12-20-35(38)25-27-42(45)50-44;1-6-2-4-7(5-3-6)11(8,9)10/h3-13,15-16,18-27,31-32,39H,14,17,28-30H2,1-2H3;2-5H,1H3,(H,8,9,10)/q+1;. The molecule has 61 heavy (non-hydrogen) atoms. The first-order valence-corrected chi connectivity index (χ1v) is 22.9. The summed E-state index contributed by atoms with van der Waals surface area (Å²) in [7, 11) is 0.334. The highest BCUT2D eigenvalue weighted by Gasteiger charge is 2.31. The summed E-state index contributed by atoms with van der Waals surface area (Å²) >= 11 is 1.85. The average Bonchev–Trinajstić information content (AvgIpc) is 3.81. The van der Waals surface area contributed by atoms with E-state index in [0.717, 1.165) is 55.2 Å². The van der Waals surface area contributed by atoms with Crippen LogP contribution >= 0.6 is 11.3 Å². The van der Waals surface area contributed by atoms with Crippen LogP contribution in [0, 0.1) is 6.92 Å². The normalized spacial score (nSPS) is 13.6. The fourth-order valence-electron chi connectivity index (χ4n) is 8.00. The molecule has 9 rings (SSSR count). The van der Waals surface area contributed by atoms with Gasteiger partial charge in [-0.1, -0.05) is 150 Å². The predicted molar refractivity (Wildman–Crippen MR) is 251 cm³/mol. The minimum absolute atomic E-state index is 0.0666. The van der Waals surface area contributed by atoms with Crippen molar-refractivity contribution in [1.82, 2.24) is 4.90 Å². The Morgan fingerprint density at radius 3 is 2.15 bits per heavy atom. The summed E-state index contributed by atoms with van der Waals surface area (Å²) in [5, 5.41) is 3.76. The van der Waals surface area contributed by atoms with Gasteiger partial charge in [0.25, 0.3) is 15.1 Å². The first-order valence-electron chi connectivity index (χ1n) is 20.6. The van der Waals surface area contributed by atoms with Gasteiger partial charge in [0, 0.05) is 19.0 Å². The molecule has 0 saturated heterocycles. The number of rotatable bonds is 12. The van der Waals surface area contributed by atoms with Crippen molar-refractivity contribution < 1.29 is 22.3 Å². The smallest absolute Gasteiger partial charge is 0.294 e. The number of aromatic nitrogens is 1. The summed E-state index contributed by atoms with van der Waals surface area (Å²) in [6.07, 6.45) is 5.32. The molecule has 0 spiro atoms. The molecule has 0 aliphatic carbocycles. The van der Waals surface area contributed by atoms with Gasteiger partial charge in [-0.25, -0.2) is 0 Å². The van der Waals surface area contributed by atoms with Gasteiger partial charge >= 0.3 is 0 Å². The molecule has 2 heterocycles. The molecule has 7 nitrogen and oxygen atoms in total. The van der Waals surface area contributed by atoms with Crippen molar-refractivity contribution in [2.24, 2.45) is 0 Å². The van der Waals surface area contributed by atoms with Gasteiger partial charge in [-0.15, -0.1) is 0 Å². The van der Waals surface area contributed by atoms with E-state index in [2.05, 4.69) is 180 Å². The van der Waals surface area contributed by atoms with Crippen LogP contribution in [-0.4, -0.2) is 38.5 Å². The molecule has 9 heteroatoms. The second-order valence-corrected chi connectivity index (χ2v) is 18.0. The second kappa shape index (κ2) is 18.7. The van der Waals surface area contributed by atoms with E-state index in [1.54, 1.807) is 12.1 Å². The molecule has 0 saturated carbocycles. The summed E-state index contributed by atoms with van der Waals surface area (Å²) in [6.45, 7) is 3.58. The van der Waals surface area contributed by atoms with Crippen molar-refractivity contribution in [2.75, 3.05) is 25.5 Å². The predicted octanol–water partition coefficient (Wildman–Crippen LogP) is 11.8. The molecule has 0 bridgehead atoms. The Balaban J connectivity index is 0.000000408. The lowest BCUT2D eigenvalue weighted by Gasteiger charge is -2.27. The maximum absolute atomic E-state index is 10.5. The number of hydrogen-bond donors (Lipinski definition) is 1. The van der Waals surface area contributed by atoms with Gasteiger partial charge in [0.15, 0.2) is 12.3 Å². The Labute approximate surface area is 363 Å². The quantitative estimate of drug-likeness (QED) is 0.0975. The highest BCUT2D eigenvalue weighted by molar-refractivity contribution is 7.85. The highest BCUT2D eigenvalue weighted by atomic mass is 32.2. The van der Waals surface area contributed by atoms with Gasteiger partial charge in [-0.3, -0.25) is 4.55 Å². The number of aryl methyl sites for hydroxylation is 3. The third kappa shape index (κ3) is 9.77. The maximum atomic E-state index is 10.5. The summed E-state index contributed by atoms with van der Waals surface area (Å²) < 4.78 is 40.2. The van der Waals surface area contributed by atoms with Gasteiger partial charge in [0.2, 0.25) is 11.4 Å². The first-order chi connectivity index (χ1) is 29.6. The van der Waals surface area contributed by atoms with E-state index in [0.29, 0.717) is 0 Å². The molecule has 0 fully saturated rings. The van der Waals surface area contributed by atoms with Crippen LogP contribution in [0.5, 0.6) is 5.75 Å². The fraction of sp³-hybridized carbons (Fsp3) is 0.173. The number of hydrogen-bond acceptors (Lipinski definition) is 6. The number of benzene rings is 7. The Kier molecular flexibility index (Phi) is 12.7. The molecule has 1 aliphatic rings. The van der Waals surface area contributed by atoms with Crippen LogP contribution in [0.4, 0.5) is 5.69 Å². The molecule has 0 radical (unpaired) electrons. The van der Waals surface area contributed by atoms with Crippen LogP contribution in [0.25, 0.3) is 38.2 Å². The highest BCUT2D eigenvalue weighted by Crippen LogP contribution is 2.43. The molecule has 1 aromatic heterocycles. The largest absolute Gasteiger partial charge is 0.438 e. The summed E-state index contributed by atoms with van der Waals surface area (Å²) in [4.78, 5) is 4.66. The minimum atomic E-state index is -4.02. The van der Waals surface area contributed by atoms with Crippen LogP contribution in [0.2, 0.25) is 0 Å². The van der Waals surface area contributed by atoms with E-state index >= 15 is 0 Å². The Hall–Kier alpha value is -6.10. The molecule has 1 atom stereocenters. The summed E-state index contributed by atoms with van der Waals surface area (Å²) in [6, 6.07) is 58.5. The Bertz CT molecular complexity index is 2880. The molecule has 1 N–H and O–H groups in total. The zero-order chi connectivity index (χ0) is 42.3. The van der Waals surface area contributed by atoms with Crippen molar-refractivity contribution in [3.8, 4) is 16.9 Å². The zero-order valence-corrected chi connectivity index (χ0v) is 36.3. The monoisotopic (exact) mass is 844 g/mol. The van der Waals surface area contributed by atoms with E-state index < -0.39 is 10.1 Å². The van der Waals surface area contributed by atoms with Gasteiger partial charge in [0.1, 0.15) is 4.70 Å². The molecule has 1 unspecified atom stereocenters. The topological polar surface area (TPSA) is 74.0 Å². The van der Waals surface area contributed by atoms with Crippen LogP contribution < -0.4 is 14.2 Å². The van der Waals surface area contributed by atoms with E-state index in [4.69, 9.17) is 9.29 Å². The van der Waals surface area contributed by atoms with Crippen LogP contribution in [-0.2, 0) is 23.1 Å². The van der Waals surface area contributed by atoms with Gasteiger partial charge in [-0.05, 0) is 97.9 Å². The first kappa shape index (κ1) is 41.6. The van der Waals surface area contributed by atoms with Gasteiger partial charge in [0.05, 0.1) is 22.0 Å². The second-order valence-electron chi connectivity index (χ2n) is 15.6. The lowest BCUT2D eigenvalue weighted by molar-refractivity contribution is -0.668. The lowest BCUT2D eigenvalue weighted by atomic mass is 10.0. The number of fused-ring (bicyclic) bond motifs is 4. The van der Waals surface area contributed by atoms with Crippen LogP contribution in [0.15, 0.2) is 181 Å². The third-order valence-electron chi connectivity index (χ3n) is 11.1. The van der Waals surface area contributed by atoms with Crippen molar-refractivity contribution in [2.45, 2.75) is 43.7 Å². The van der Waals surface area contributed by atoms with Crippen molar-refractivity contribution in [3.63, 3.8) is 0 Å². The molecule has 0 amide bonds. The number of thiazole rings is 1. The van der Waals surface area contributed by atoms with Crippen molar-refractivity contribution in [1.29, 1.82) is 0 Å². The molecule has 8 aromatic rings. The van der Waals surface area contributed by atoms with Crippen LogP contribution in [0.1, 0.15) is 40.6 Å². The molecular formula is C52H50N3O4S2+.